The van der Waals surface area contributed by atoms with Crippen molar-refractivity contribution in [2.45, 2.75) is 71.1 Å². The minimum Gasteiger partial charge on any atom is -0.508 e. The fourth-order valence-corrected chi connectivity index (χ4v) is 4.99. The summed E-state index contributed by atoms with van der Waals surface area (Å²) in [4.78, 5) is 36.9. The molecule has 0 bridgehead atoms. The third kappa shape index (κ3) is 7.05. The average Bonchev–Trinajstić information content (AvgIpc) is 2.90. The van der Waals surface area contributed by atoms with Crippen LogP contribution in [0.25, 0.3) is 33.4 Å². The molecule has 0 saturated carbocycles. The van der Waals surface area contributed by atoms with Gasteiger partial charge in [-0.1, -0.05) is 64.4 Å². The molecule has 1 aliphatic heterocycles. The standard InChI is InChI=1S/C32H35NO6/c1-2-3-4-5-6-7-8-9-10-11-30(36)33-21-12-15-24(27(18-21)32(37)38)31-25-16-13-22(34)19-28(25)39-29-20-23(35)14-17-26(29)31/h12-20,34H,2-11H2,1H3,(H,33,36)(H,37,38). The van der Waals surface area contributed by atoms with Crippen LogP contribution in [0.15, 0.2) is 63.8 Å². The fraction of sp³-hybridized carbons (Fsp3) is 0.344. The lowest BCUT2D eigenvalue weighted by atomic mass is 9.90. The molecule has 0 unspecified atom stereocenters. The van der Waals surface area contributed by atoms with Crippen molar-refractivity contribution in [2.75, 3.05) is 5.32 Å². The zero-order valence-electron chi connectivity index (χ0n) is 22.3. The Kier molecular flexibility index (Phi) is 9.36. The van der Waals surface area contributed by atoms with Crippen LogP contribution in [-0.4, -0.2) is 22.1 Å². The number of unbranched alkanes of at least 4 members (excludes halogenated alkanes) is 8. The Labute approximate surface area is 227 Å². The summed E-state index contributed by atoms with van der Waals surface area (Å²) in [6, 6.07) is 13.7. The highest BCUT2D eigenvalue weighted by Crippen LogP contribution is 2.42. The number of aromatic carboxylic acids is 1. The average molecular weight is 530 g/mol. The lowest BCUT2D eigenvalue weighted by molar-refractivity contribution is -0.116. The first kappa shape index (κ1) is 27.9. The van der Waals surface area contributed by atoms with Gasteiger partial charge in [0, 0.05) is 40.8 Å². The van der Waals surface area contributed by atoms with Gasteiger partial charge >= 0.3 is 5.97 Å². The Balaban J connectivity index is 1.52. The molecule has 2 aromatic rings. The minimum absolute atomic E-state index is 0.00366. The van der Waals surface area contributed by atoms with Crippen LogP contribution in [-0.2, 0) is 4.79 Å². The van der Waals surface area contributed by atoms with Crippen molar-refractivity contribution in [1.82, 2.24) is 0 Å². The molecule has 0 atom stereocenters. The zero-order chi connectivity index (χ0) is 27.8. The van der Waals surface area contributed by atoms with Crippen molar-refractivity contribution in [1.29, 1.82) is 0 Å². The number of hydrogen-bond donors (Lipinski definition) is 3. The number of nitrogens with one attached hydrogen (secondary N) is 1. The minimum atomic E-state index is -1.15. The second kappa shape index (κ2) is 13.1. The van der Waals surface area contributed by atoms with Gasteiger partial charge in [-0.05, 0) is 48.4 Å². The van der Waals surface area contributed by atoms with E-state index in [4.69, 9.17) is 4.42 Å². The summed E-state index contributed by atoms with van der Waals surface area (Å²) >= 11 is 0. The number of hydrogen-bond acceptors (Lipinski definition) is 5. The smallest absolute Gasteiger partial charge is 0.336 e. The Morgan fingerprint density at radius 1 is 0.821 bits per heavy atom. The van der Waals surface area contributed by atoms with Crippen LogP contribution in [0.5, 0.6) is 5.75 Å². The van der Waals surface area contributed by atoms with E-state index >= 15 is 0 Å². The number of rotatable bonds is 13. The third-order valence-electron chi connectivity index (χ3n) is 6.99. The molecule has 39 heavy (non-hydrogen) atoms. The van der Waals surface area contributed by atoms with Crippen LogP contribution >= 0.6 is 0 Å². The molecule has 3 N–H and O–H groups in total. The molecular weight excluding hydrogens is 494 g/mol. The predicted octanol–water partition coefficient (Wildman–Crippen LogP) is 7.83. The first-order chi connectivity index (χ1) is 18.9. The maximum absolute atomic E-state index is 12.5. The van der Waals surface area contributed by atoms with Crippen molar-refractivity contribution >= 4 is 28.5 Å². The van der Waals surface area contributed by atoms with E-state index in [9.17, 15) is 24.6 Å². The summed E-state index contributed by atoms with van der Waals surface area (Å²) in [7, 11) is 0. The number of carbonyl (C=O) groups is 2. The van der Waals surface area contributed by atoms with E-state index in [0.717, 1.165) is 19.3 Å². The summed E-state index contributed by atoms with van der Waals surface area (Å²) in [5.74, 6) is -1.03. The van der Waals surface area contributed by atoms with Gasteiger partial charge in [0.25, 0.3) is 0 Å². The molecule has 7 heteroatoms. The Bertz CT molecular complexity index is 1490. The Hall–Kier alpha value is -4.13. The van der Waals surface area contributed by atoms with E-state index in [0.29, 0.717) is 39.8 Å². The van der Waals surface area contributed by atoms with Crippen molar-refractivity contribution in [2.24, 2.45) is 0 Å². The molecule has 204 valence electrons. The molecule has 7 nitrogen and oxygen atoms in total. The maximum atomic E-state index is 12.5. The van der Waals surface area contributed by atoms with Gasteiger partial charge < -0.3 is 19.9 Å². The number of carboxylic acids is 1. The lowest BCUT2D eigenvalue weighted by Gasteiger charge is -2.17. The lowest BCUT2D eigenvalue weighted by Crippen LogP contribution is -2.12. The monoisotopic (exact) mass is 529 g/mol. The van der Waals surface area contributed by atoms with Crippen LogP contribution < -0.4 is 10.7 Å². The van der Waals surface area contributed by atoms with E-state index in [-0.39, 0.29) is 28.4 Å². The van der Waals surface area contributed by atoms with Gasteiger partial charge in [-0.2, -0.15) is 0 Å². The Morgan fingerprint density at radius 2 is 1.51 bits per heavy atom. The Morgan fingerprint density at radius 3 is 2.23 bits per heavy atom. The highest BCUT2D eigenvalue weighted by molar-refractivity contribution is 6.08. The molecule has 0 spiro atoms. The number of amides is 1. The van der Waals surface area contributed by atoms with Gasteiger partial charge in [0.1, 0.15) is 17.1 Å². The highest BCUT2D eigenvalue weighted by Gasteiger charge is 2.22. The molecule has 0 radical (unpaired) electrons. The van der Waals surface area contributed by atoms with Crippen LogP contribution in [0.2, 0.25) is 0 Å². The highest BCUT2D eigenvalue weighted by atomic mass is 16.4. The number of fused-ring (bicyclic) bond motifs is 2. The normalized spacial score (nSPS) is 11.2. The molecule has 4 rings (SSSR count). The summed E-state index contributed by atoms with van der Waals surface area (Å²) in [6.45, 7) is 2.21. The largest absolute Gasteiger partial charge is 0.508 e. The molecule has 2 aliphatic rings. The van der Waals surface area contributed by atoms with Crippen LogP contribution in [0.1, 0.15) is 81.5 Å². The number of anilines is 1. The van der Waals surface area contributed by atoms with Gasteiger partial charge in [0.2, 0.25) is 5.91 Å². The summed E-state index contributed by atoms with van der Waals surface area (Å²) in [5, 5.41) is 23.5. The number of carbonyl (C=O) groups excluding carboxylic acids is 1. The SMILES string of the molecule is CCCCCCCCCCCC(=O)Nc1ccc(-c2c3ccc(=O)cc-3oc3cc(O)ccc23)c(C(=O)O)c1. The zero-order valence-corrected chi connectivity index (χ0v) is 22.3. The molecule has 0 fully saturated rings. The van der Waals surface area contributed by atoms with Crippen LogP contribution in [0.4, 0.5) is 5.69 Å². The molecule has 0 aromatic heterocycles. The van der Waals surface area contributed by atoms with Gasteiger partial charge in [-0.25, -0.2) is 4.79 Å². The van der Waals surface area contributed by atoms with Gasteiger partial charge in [-0.3, -0.25) is 9.59 Å². The van der Waals surface area contributed by atoms with Crippen molar-refractivity contribution in [3.05, 3.63) is 70.4 Å². The molecule has 1 amide bonds. The quantitative estimate of drug-likeness (QED) is 0.120. The predicted molar refractivity (Wildman–Crippen MR) is 154 cm³/mol. The van der Waals surface area contributed by atoms with E-state index in [1.165, 1.54) is 68.9 Å². The van der Waals surface area contributed by atoms with E-state index < -0.39 is 5.97 Å². The second-order valence-electron chi connectivity index (χ2n) is 10.0. The van der Waals surface area contributed by atoms with Crippen LogP contribution in [0, 0.1) is 0 Å². The number of phenols is 1. The summed E-state index contributed by atoms with van der Waals surface area (Å²) < 4.78 is 5.87. The summed E-state index contributed by atoms with van der Waals surface area (Å²) in [6.07, 6.45) is 10.9. The van der Waals surface area contributed by atoms with E-state index in [1.54, 1.807) is 24.3 Å². The first-order valence-corrected chi connectivity index (χ1v) is 13.7. The molecule has 2 aromatic carbocycles. The van der Waals surface area contributed by atoms with Crippen molar-refractivity contribution in [3.8, 4) is 28.2 Å². The van der Waals surface area contributed by atoms with E-state index in [2.05, 4.69) is 12.2 Å². The topological polar surface area (TPSA) is 117 Å². The number of aromatic hydroxyl groups is 1. The molecular formula is C32H35NO6. The maximum Gasteiger partial charge on any atom is 0.336 e. The van der Waals surface area contributed by atoms with Gasteiger partial charge in [-0.15, -0.1) is 0 Å². The molecule has 1 heterocycles. The number of carboxylic acid groups (broad SMARTS) is 1. The molecule has 0 saturated heterocycles. The number of phenolic OH excluding ortho intramolecular Hbond substituents is 1. The van der Waals surface area contributed by atoms with Crippen LogP contribution in [0.3, 0.4) is 0 Å². The van der Waals surface area contributed by atoms with Crippen molar-refractivity contribution < 1.29 is 24.2 Å². The van der Waals surface area contributed by atoms with Gasteiger partial charge in [0.05, 0.1) is 5.56 Å². The van der Waals surface area contributed by atoms with Gasteiger partial charge in [0.15, 0.2) is 5.43 Å². The first-order valence-electron chi connectivity index (χ1n) is 13.7. The van der Waals surface area contributed by atoms with E-state index in [1.807, 2.05) is 0 Å². The second-order valence-corrected chi connectivity index (χ2v) is 10.0. The number of benzene rings is 3. The summed E-state index contributed by atoms with van der Waals surface area (Å²) in [5.41, 5.74) is 2.02. The third-order valence-corrected chi connectivity index (χ3v) is 6.99. The molecule has 1 aliphatic carbocycles. The van der Waals surface area contributed by atoms with Crippen molar-refractivity contribution in [3.63, 3.8) is 0 Å². The fourth-order valence-electron chi connectivity index (χ4n) is 4.99.